The Labute approximate surface area is 332 Å². The largest absolute Gasteiger partial charge is 0.456 e. The number of para-hydroxylation sites is 2. The van der Waals surface area contributed by atoms with Gasteiger partial charge in [0.1, 0.15) is 16.9 Å². The van der Waals surface area contributed by atoms with Crippen LogP contribution in [0.4, 0.5) is 0 Å². The number of hydrogen-bond donors (Lipinski definition) is 0. The maximum Gasteiger partial charge on any atom is 0.183 e. The first kappa shape index (κ1) is 32.3. The lowest BCUT2D eigenvalue weighted by atomic mass is 10.00. The highest BCUT2D eigenvalue weighted by Gasteiger charge is 2.20. The summed E-state index contributed by atoms with van der Waals surface area (Å²) in [6.07, 6.45) is 1.76. The summed E-state index contributed by atoms with van der Waals surface area (Å²) in [7, 11) is 0. The third kappa shape index (κ3) is 5.12. The SMILES string of the molecule is c1ccc(-c2ccc3cc(-c4nc(-c5cccc(-n6c7ccccc7c7c8ccccc8ccc76)c5)nc(-c5nccc6oc7ccccc7c56)n4)ccc3c2)cc1. The van der Waals surface area contributed by atoms with E-state index in [-0.39, 0.29) is 0 Å². The molecule has 6 nitrogen and oxygen atoms in total. The molecule has 0 fully saturated rings. The fourth-order valence-corrected chi connectivity index (χ4v) is 8.58. The Balaban J connectivity index is 1.06. The zero-order valence-corrected chi connectivity index (χ0v) is 31.0. The highest BCUT2D eigenvalue weighted by atomic mass is 16.3. The molecule has 0 aliphatic carbocycles. The molecule has 58 heavy (non-hydrogen) atoms. The number of pyridine rings is 1. The van der Waals surface area contributed by atoms with Crippen LogP contribution in [0.1, 0.15) is 0 Å². The van der Waals surface area contributed by atoms with Crippen LogP contribution in [-0.4, -0.2) is 24.5 Å². The third-order valence-corrected chi connectivity index (χ3v) is 11.3. The second-order valence-corrected chi connectivity index (χ2v) is 14.7. The minimum Gasteiger partial charge on any atom is -0.456 e. The second kappa shape index (κ2) is 12.8. The van der Waals surface area contributed by atoms with Crippen LogP contribution in [-0.2, 0) is 0 Å². The van der Waals surface area contributed by atoms with Gasteiger partial charge in [-0.1, -0.05) is 133 Å². The van der Waals surface area contributed by atoms with Crippen LogP contribution >= 0.6 is 0 Å². The molecule has 0 radical (unpaired) electrons. The van der Waals surface area contributed by atoms with Crippen LogP contribution in [0.2, 0.25) is 0 Å². The summed E-state index contributed by atoms with van der Waals surface area (Å²) in [6, 6.07) is 63.5. The van der Waals surface area contributed by atoms with Crippen LogP contribution in [0.15, 0.2) is 193 Å². The average Bonchev–Trinajstić information content (AvgIpc) is 3.85. The summed E-state index contributed by atoms with van der Waals surface area (Å²) >= 11 is 0. The van der Waals surface area contributed by atoms with Crippen molar-refractivity contribution in [1.82, 2.24) is 24.5 Å². The van der Waals surface area contributed by atoms with Crippen molar-refractivity contribution in [3.05, 3.63) is 188 Å². The van der Waals surface area contributed by atoms with Crippen LogP contribution in [0.5, 0.6) is 0 Å². The van der Waals surface area contributed by atoms with Crippen molar-refractivity contribution in [1.29, 1.82) is 0 Å². The van der Waals surface area contributed by atoms with E-state index >= 15 is 0 Å². The molecular weight excluding hydrogens is 711 g/mol. The fourth-order valence-electron chi connectivity index (χ4n) is 8.58. The maximum absolute atomic E-state index is 6.27. The fraction of sp³-hybridized carbons (Fsp3) is 0. The zero-order chi connectivity index (χ0) is 38.2. The van der Waals surface area contributed by atoms with Crippen molar-refractivity contribution in [3.63, 3.8) is 0 Å². The molecule has 0 N–H and O–H groups in total. The molecule has 12 rings (SSSR count). The van der Waals surface area contributed by atoms with Gasteiger partial charge < -0.3 is 8.98 Å². The van der Waals surface area contributed by atoms with Gasteiger partial charge in [-0.15, -0.1) is 0 Å². The van der Waals surface area contributed by atoms with Crippen molar-refractivity contribution in [3.8, 4) is 51.1 Å². The van der Waals surface area contributed by atoms with Crippen LogP contribution in [0.25, 0.3) is 116 Å². The normalized spacial score (nSPS) is 11.8. The molecule has 0 saturated carbocycles. The molecular formula is C52H31N5O. The highest BCUT2D eigenvalue weighted by Crippen LogP contribution is 2.39. The van der Waals surface area contributed by atoms with Crippen molar-refractivity contribution in [2.24, 2.45) is 0 Å². The Morgan fingerprint density at radius 3 is 1.90 bits per heavy atom. The number of fused-ring (bicyclic) bond motifs is 9. The van der Waals surface area contributed by atoms with Gasteiger partial charge in [0.25, 0.3) is 0 Å². The van der Waals surface area contributed by atoms with Crippen LogP contribution in [0.3, 0.4) is 0 Å². The van der Waals surface area contributed by atoms with E-state index in [9.17, 15) is 0 Å². The van der Waals surface area contributed by atoms with Gasteiger partial charge in [0, 0.05) is 39.2 Å². The lowest BCUT2D eigenvalue weighted by molar-refractivity contribution is 0.668. The monoisotopic (exact) mass is 741 g/mol. The maximum atomic E-state index is 6.27. The standard InChI is InChI=1S/C52H31N5O/c1-2-11-32(12-3-1)34-21-22-36-30-38(24-23-35(36)29-34)51-54-50(55-52(56-51)49-48-42-18-7-9-20-45(42)58-46(48)27-28-53-49)37-14-10-15-39(31-37)57-43-19-8-6-17-41(43)47-40-16-5-4-13-33(40)25-26-44(47)57/h1-31H. The van der Waals surface area contributed by atoms with Crippen molar-refractivity contribution < 1.29 is 4.42 Å². The predicted octanol–water partition coefficient (Wildman–Crippen LogP) is 13.2. The van der Waals surface area contributed by atoms with E-state index in [2.05, 4.69) is 156 Å². The second-order valence-electron chi connectivity index (χ2n) is 14.7. The van der Waals surface area contributed by atoms with Gasteiger partial charge in [-0.3, -0.25) is 4.98 Å². The van der Waals surface area contributed by atoms with Gasteiger partial charge in [0.2, 0.25) is 0 Å². The molecule has 8 aromatic carbocycles. The Hall–Kier alpha value is -7.96. The summed E-state index contributed by atoms with van der Waals surface area (Å²) in [5, 5.41) is 8.98. The van der Waals surface area contributed by atoms with Crippen molar-refractivity contribution in [2.75, 3.05) is 0 Å². The Kier molecular flexibility index (Phi) is 7.13. The molecule has 0 aliphatic heterocycles. The Morgan fingerprint density at radius 2 is 1.03 bits per heavy atom. The van der Waals surface area contributed by atoms with E-state index in [1.54, 1.807) is 6.20 Å². The molecule has 6 heteroatoms. The molecule has 270 valence electrons. The van der Waals surface area contributed by atoms with Crippen LogP contribution in [0, 0.1) is 0 Å². The molecule has 0 unspecified atom stereocenters. The van der Waals surface area contributed by atoms with Gasteiger partial charge in [0.15, 0.2) is 17.5 Å². The van der Waals surface area contributed by atoms with E-state index in [0.717, 1.165) is 60.6 Å². The van der Waals surface area contributed by atoms with E-state index in [1.807, 2.05) is 30.3 Å². The average molecular weight is 742 g/mol. The van der Waals surface area contributed by atoms with Gasteiger partial charge in [-0.2, -0.15) is 0 Å². The first-order valence-electron chi connectivity index (χ1n) is 19.4. The highest BCUT2D eigenvalue weighted by molar-refractivity contribution is 6.21. The number of nitrogens with zero attached hydrogens (tertiary/aromatic N) is 5. The lowest BCUT2D eigenvalue weighted by Gasteiger charge is -2.12. The summed E-state index contributed by atoms with van der Waals surface area (Å²) in [6.45, 7) is 0. The topological polar surface area (TPSA) is 69.6 Å². The van der Waals surface area contributed by atoms with Gasteiger partial charge >= 0.3 is 0 Å². The summed E-state index contributed by atoms with van der Waals surface area (Å²) in [4.78, 5) is 20.5. The molecule has 0 bridgehead atoms. The number of hydrogen-bond acceptors (Lipinski definition) is 5. The number of rotatable bonds is 5. The Morgan fingerprint density at radius 1 is 0.379 bits per heavy atom. The van der Waals surface area contributed by atoms with Gasteiger partial charge in [0.05, 0.1) is 16.4 Å². The summed E-state index contributed by atoms with van der Waals surface area (Å²) < 4.78 is 8.62. The Bertz CT molecular complexity index is 3590. The smallest absolute Gasteiger partial charge is 0.183 e. The summed E-state index contributed by atoms with van der Waals surface area (Å²) in [5.41, 5.74) is 9.58. The molecule has 0 atom stereocenters. The zero-order valence-electron chi connectivity index (χ0n) is 31.0. The third-order valence-electron chi connectivity index (χ3n) is 11.3. The number of aromatic nitrogens is 5. The molecule has 0 spiro atoms. The number of benzene rings is 8. The summed E-state index contributed by atoms with van der Waals surface area (Å²) in [5.74, 6) is 1.60. The molecule has 0 aliphatic rings. The van der Waals surface area contributed by atoms with Gasteiger partial charge in [-0.05, 0) is 81.2 Å². The quantitative estimate of drug-likeness (QED) is 0.176. The van der Waals surface area contributed by atoms with Gasteiger partial charge in [-0.25, -0.2) is 15.0 Å². The van der Waals surface area contributed by atoms with E-state index in [1.165, 1.54) is 32.7 Å². The van der Waals surface area contributed by atoms with Crippen molar-refractivity contribution in [2.45, 2.75) is 0 Å². The van der Waals surface area contributed by atoms with E-state index in [0.29, 0.717) is 23.2 Å². The minimum atomic E-state index is 0.477. The first-order valence-corrected chi connectivity index (χ1v) is 19.4. The molecule has 4 heterocycles. The lowest BCUT2D eigenvalue weighted by Crippen LogP contribution is -2.02. The van der Waals surface area contributed by atoms with Crippen molar-refractivity contribution >= 4 is 65.3 Å². The predicted molar refractivity (Wildman–Crippen MR) is 236 cm³/mol. The first-order chi connectivity index (χ1) is 28.7. The van der Waals surface area contributed by atoms with E-state index < -0.39 is 0 Å². The molecule has 12 aromatic rings. The number of furan rings is 1. The molecule has 0 amide bonds. The van der Waals surface area contributed by atoms with Crippen LogP contribution < -0.4 is 0 Å². The minimum absolute atomic E-state index is 0.477. The molecule has 4 aromatic heterocycles. The van der Waals surface area contributed by atoms with E-state index in [4.69, 9.17) is 24.4 Å². The molecule has 0 saturated heterocycles.